The van der Waals surface area contributed by atoms with Crippen molar-refractivity contribution in [3.8, 4) is 0 Å². The van der Waals surface area contributed by atoms with Crippen molar-refractivity contribution in [1.82, 2.24) is 19.6 Å². The summed E-state index contributed by atoms with van der Waals surface area (Å²) in [6.07, 6.45) is 7.62. The van der Waals surface area contributed by atoms with E-state index in [0.29, 0.717) is 19.6 Å². The number of rotatable bonds is 5. The maximum atomic E-state index is 12.8. The van der Waals surface area contributed by atoms with E-state index in [1.807, 2.05) is 40.1 Å². The summed E-state index contributed by atoms with van der Waals surface area (Å²) in [6.45, 7) is 7.05. The molecular formula is C27H34N4O2. The number of benzene rings is 2. The van der Waals surface area contributed by atoms with Gasteiger partial charge in [-0.25, -0.2) is 0 Å². The van der Waals surface area contributed by atoms with Gasteiger partial charge in [0.2, 0.25) is 11.8 Å². The molecule has 2 heterocycles. The van der Waals surface area contributed by atoms with Crippen molar-refractivity contribution in [3.05, 3.63) is 54.1 Å². The van der Waals surface area contributed by atoms with E-state index < -0.39 is 0 Å². The molecule has 0 atom stereocenters. The standard InChI is InChI=1S/C27H34N4O2/c32-26(12-11-23-7-3-6-22-5-1-2-10-25(22)23)30-15-13-28(14-16-30)21-27(33)31-19-17-29(18-20-31)24-8-4-9-24/h1-3,5-7,10-12,24H,4,8-9,13-21H2. The van der Waals surface area contributed by atoms with Gasteiger partial charge in [-0.3, -0.25) is 19.4 Å². The molecule has 0 radical (unpaired) electrons. The Hall–Kier alpha value is -2.70. The molecular weight excluding hydrogens is 412 g/mol. The van der Waals surface area contributed by atoms with Crippen LogP contribution in [0.1, 0.15) is 24.8 Å². The molecule has 6 heteroatoms. The Kier molecular flexibility index (Phi) is 6.74. The fraction of sp³-hybridized carbons (Fsp3) is 0.481. The number of carbonyl (C=O) groups is 2. The highest BCUT2D eigenvalue weighted by molar-refractivity contribution is 5.96. The molecule has 1 saturated carbocycles. The number of nitrogens with zero attached hydrogens (tertiary/aromatic N) is 4. The van der Waals surface area contributed by atoms with E-state index in [1.165, 1.54) is 24.6 Å². The quantitative estimate of drug-likeness (QED) is 0.663. The first kappa shape index (κ1) is 22.1. The normalized spacial score (nSPS) is 21.0. The van der Waals surface area contributed by atoms with Crippen LogP contribution in [0.15, 0.2) is 48.5 Å². The van der Waals surface area contributed by atoms with Crippen LogP contribution in [0, 0.1) is 0 Å². The molecule has 2 aromatic carbocycles. The van der Waals surface area contributed by atoms with Crippen LogP contribution in [0.4, 0.5) is 0 Å². The fourth-order valence-electron chi connectivity index (χ4n) is 5.17. The number of hydrogen-bond donors (Lipinski definition) is 0. The van der Waals surface area contributed by atoms with Crippen molar-refractivity contribution in [3.63, 3.8) is 0 Å². The molecule has 2 aromatic rings. The average Bonchev–Trinajstić information content (AvgIpc) is 2.82. The van der Waals surface area contributed by atoms with E-state index in [-0.39, 0.29) is 11.8 Å². The third-order valence-electron chi connectivity index (χ3n) is 7.53. The van der Waals surface area contributed by atoms with Crippen molar-refractivity contribution < 1.29 is 9.59 Å². The number of piperazine rings is 2. The number of fused-ring (bicyclic) bond motifs is 1. The second kappa shape index (κ2) is 10.1. The fourth-order valence-corrected chi connectivity index (χ4v) is 5.17. The molecule has 0 unspecified atom stereocenters. The second-order valence-electron chi connectivity index (χ2n) is 9.50. The molecule has 0 N–H and O–H groups in total. The lowest BCUT2D eigenvalue weighted by Crippen LogP contribution is -2.56. The molecule has 0 aromatic heterocycles. The van der Waals surface area contributed by atoms with Crippen molar-refractivity contribution in [2.75, 3.05) is 58.9 Å². The Balaban J connectivity index is 1.08. The zero-order valence-corrected chi connectivity index (χ0v) is 19.4. The summed E-state index contributed by atoms with van der Waals surface area (Å²) < 4.78 is 0. The maximum absolute atomic E-state index is 12.8. The van der Waals surface area contributed by atoms with Gasteiger partial charge in [0, 0.05) is 64.5 Å². The maximum Gasteiger partial charge on any atom is 0.246 e. The summed E-state index contributed by atoms with van der Waals surface area (Å²) in [6, 6.07) is 15.1. The van der Waals surface area contributed by atoms with Crippen LogP contribution in [0.5, 0.6) is 0 Å². The molecule has 2 aliphatic heterocycles. The molecule has 33 heavy (non-hydrogen) atoms. The van der Waals surface area contributed by atoms with Gasteiger partial charge in [-0.15, -0.1) is 0 Å². The Labute approximate surface area is 196 Å². The third-order valence-corrected chi connectivity index (χ3v) is 7.53. The zero-order chi connectivity index (χ0) is 22.6. The minimum absolute atomic E-state index is 0.0426. The first-order valence-corrected chi connectivity index (χ1v) is 12.4. The highest BCUT2D eigenvalue weighted by atomic mass is 16.2. The summed E-state index contributed by atoms with van der Waals surface area (Å²) in [7, 11) is 0. The second-order valence-corrected chi connectivity index (χ2v) is 9.50. The van der Waals surface area contributed by atoms with Crippen molar-refractivity contribution in [2.24, 2.45) is 0 Å². The molecule has 3 fully saturated rings. The summed E-state index contributed by atoms with van der Waals surface area (Å²) in [5.41, 5.74) is 1.06. The van der Waals surface area contributed by atoms with Crippen LogP contribution in [0.3, 0.4) is 0 Å². The Morgan fingerprint density at radius 3 is 2.24 bits per heavy atom. The smallest absolute Gasteiger partial charge is 0.246 e. The highest BCUT2D eigenvalue weighted by Gasteiger charge is 2.30. The van der Waals surface area contributed by atoms with Crippen LogP contribution in [0.25, 0.3) is 16.8 Å². The SMILES string of the molecule is O=C(C=Cc1cccc2ccccc12)N1CCN(CC(=O)N2CCN(C3CCC3)CC2)CC1. The largest absolute Gasteiger partial charge is 0.339 e. The van der Waals surface area contributed by atoms with E-state index in [1.54, 1.807) is 6.08 Å². The minimum atomic E-state index is 0.0426. The molecule has 2 amide bonds. The molecule has 3 aliphatic rings. The number of carbonyl (C=O) groups excluding carboxylic acids is 2. The van der Waals surface area contributed by atoms with E-state index in [4.69, 9.17) is 0 Å². The Morgan fingerprint density at radius 1 is 0.818 bits per heavy atom. The van der Waals surface area contributed by atoms with E-state index in [9.17, 15) is 9.59 Å². The molecule has 0 spiro atoms. The van der Waals surface area contributed by atoms with Gasteiger partial charge in [0.05, 0.1) is 6.54 Å². The number of hydrogen-bond acceptors (Lipinski definition) is 4. The summed E-state index contributed by atoms with van der Waals surface area (Å²) in [5.74, 6) is 0.278. The molecule has 2 saturated heterocycles. The molecule has 0 bridgehead atoms. The molecule has 6 nitrogen and oxygen atoms in total. The summed E-state index contributed by atoms with van der Waals surface area (Å²) in [5, 5.41) is 2.33. The lowest BCUT2D eigenvalue weighted by Gasteiger charge is -2.43. The van der Waals surface area contributed by atoms with Crippen molar-refractivity contribution in [1.29, 1.82) is 0 Å². The first-order chi connectivity index (χ1) is 16.2. The van der Waals surface area contributed by atoms with E-state index in [0.717, 1.165) is 56.3 Å². The average molecular weight is 447 g/mol. The van der Waals surface area contributed by atoms with Gasteiger partial charge in [-0.2, -0.15) is 0 Å². The van der Waals surface area contributed by atoms with E-state index >= 15 is 0 Å². The Morgan fingerprint density at radius 2 is 1.52 bits per heavy atom. The van der Waals surface area contributed by atoms with Crippen LogP contribution in [0.2, 0.25) is 0 Å². The highest BCUT2D eigenvalue weighted by Crippen LogP contribution is 2.25. The predicted octanol–water partition coefficient (Wildman–Crippen LogP) is 2.69. The molecule has 174 valence electrons. The number of amides is 2. The lowest BCUT2D eigenvalue weighted by molar-refractivity contribution is -0.135. The van der Waals surface area contributed by atoms with Crippen molar-refractivity contribution >= 4 is 28.7 Å². The Bertz CT molecular complexity index is 1010. The molecule has 1 aliphatic carbocycles. The minimum Gasteiger partial charge on any atom is -0.339 e. The van der Waals surface area contributed by atoms with Gasteiger partial charge in [0.1, 0.15) is 0 Å². The summed E-state index contributed by atoms with van der Waals surface area (Å²) >= 11 is 0. The lowest BCUT2D eigenvalue weighted by atomic mass is 9.91. The predicted molar refractivity (Wildman–Crippen MR) is 132 cm³/mol. The first-order valence-electron chi connectivity index (χ1n) is 12.4. The van der Waals surface area contributed by atoms with Crippen LogP contribution in [-0.4, -0.2) is 96.4 Å². The van der Waals surface area contributed by atoms with Crippen molar-refractivity contribution in [2.45, 2.75) is 25.3 Å². The topological polar surface area (TPSA) is 47.1 Å². The van der Waals surface area contributed by atoms with E-state index in [2.05, 4.69) is 28.0 Å². The van der Waals surface area contributed by atoms with Gasteiger partial charge >= 0.3 is 0 Å². The zero-order valence-electron chi connectivity index (χ0n) is 19.4. The summed E-state index contributed by atoms with van der Waals surface area (Å²) in [4.78, 5) is 34.2. The van der Waals surface area contributed by atoms with Crippen LogP contribution in [-0.2, 0) is 9.59 Å². The van der Waals surface area contributed by atoms with Crippen LogP contribution < -0.4 is 0 Å². The van der Waals surface area contributed by atoms with Gasteiger partial charge in [0.25, 0.3) is 0 Å². The monoisotopic (exact) mass is 446 g/mol. The van der Waals surface area contributed by atoms with Gasteiger partial charge in [-0.1, -0.05) is 48.9 Å². The van der Waals surface area contributed by atoms with Gasteiger partial charge in [-0.05, 0) is 35.3 Å². The molecule has 5 rings (SSSR count). The van der Waals surface area contributed by atoms with Crippen LogP contribution >= 0.6 is 0 Å². The van der Waals surface area contributed by atoms with Gasteiger partial charge < -0.3 is 9.80 Å². The third kappa shape index (κ3) is 5.12. The van der Waals surface area contributed by atoms with Gasteiger partial charge in [0.15, 0.2) is 0 Å².